The molecule has 3 aromatic rings. The second-order valence-electron chi connectivity index (χ2n) is 8.76. The zero-order valence-corrected chi connectivity index (χ0v) is 18.8. The number of ether oxygens (including phenoxy) is 3. The number of aromatic nitrogens is 1. The average molecular weight is 437 g/mol. The van der Waals surface area contributed by atoms with Crippen molar-refractivity contribution in [3.63, 3.8) is 0 Å². The molecule has 7 heteroatoms. The summed E-state index contributed by atoms with van der Waals surface area (Å²) in [4.78, 5) is 18.5. The van der Waals surface area contributed by atoms with Crippen molar-refractivity contribution < 1.29 is 23.4 Å². The molecular weight excluding hydrogens is 408 g/mol. The van der Waals surface area contributed by atoms with Crippen molar-refractivity contribution in [3.05, 3.63) is 66.4 Å². The highest BCUT2D eigenvalue weighted by molar-refractivity contribution is 5.90. The SMILES string of the molecule is COc1ccc(N(Cc2cnco2)c2ccc(C(=O)OC(C)(C)C)cc2)cc1OC1CC1. The molecule has 0 amide bonds. The Morgan fingerprint density at radius 2 is 1.81 bits per heavy atom. The fourth-order valence-electron chi connectivity index (χ4n) is 3.21. The lowest BCUT2D eigenvalue weighted by atomic mass is 10.1. The molecule has 1 fully saturated rings. The van der Waals surface area contributed by atoms with Crippen molar-refractivity contribution in [2.24, 2.45) is 0 Å². The number of methoxy groups -OCH3 is 1. The van der Waals surface area contributed by atoms with Gasteiger partial charge in [-0.05, 0) is 70.0 Å². The molecule has 0 unspecified atom stereocenters. The molecular formula is C25H28N2O5. The van der Waals surface area contributed by atoms with E-state index in [-0.39, 0.29) is 12.1 Å². The normalized spacial score (nSPS) is 13.5. The molecule has 4 rings (SSSR count). The van der Waals surface area contributed by atoms with Crippen molar-refractivity contribution in [2.45, 2.75) is 51.9 Å². The molecule has 0 saturated heterocycles. The second kappa shape index (κ2) is 8.94. The van der Waals surface area contributed by atoms with Crippen molar-refractivity contribution >= 4 is 17.3 Å². The zero-order valence-electron chi connectivity index (χ0n) is 18.8. The standard InChI is InChI=1S/C25H28N2O5/c1-25(2,3)32-24(28)17-5-7-18(8-6-17)27(15-21-14-26-16-30-21)19-9-12-22(29-4)23(13-19)31-20-10-11-20/h5-9,12-14,16,20H,10-11,15H2,1-4H3. The van der Waals surface area contributed by atoms with Gasteiger partial charge in [-0.15, -0.1) is 0 Å². The number of benzene rings is 2. The van der Waals surface area contributed by atoms with E-state index in [9.17, 15) is 4.79 Å². The van der Waals surface area contributed by atoms with Gasteiger partial charge in [0.25, 0.3) is 0 Å². The Morgan fingerprint density at radius 1 is 1.09 bits per heavy atom. The van der Waals surface area contributed by atoms with E-state index < -0.39 is 5.60 Å². The number of rotatable bonds is 8. The molecule has 1 saturated carbocycles. The second-order valence-corrected chi connectivity index (χ2v) is 8.76. The van der Waals surface area contributed by atoms with Gasteiger partial charge in [-0.3, -0.25) is 0 Å². The topological polar surface area (TPSA) is 74.0 Å². The summed E-state index contributed by atoms with van der Waals surface area (Å²) >= 11 is 0. The summed E-state index contributed by atoms with van der Waals surface area (Å²) in [5.74, 6) is 1.76. The first-order chi connectivity index (χ1) is 15.3. The number of hydrogen-bond donors (Lipinski definition) is 0. The summed E-state index contributed by atoms with van der Waals surface area (Å²) in [5, 5.41) is 0. The van der Waals surface area contributed by atoms with Crippen molar-refractivity contribution in [3.8, 4) is 11.5 Å². The molecule has 168 valence electrons. The molecule has 7 nitrogen and oxygen atoms in total. The van der Waals surface area contributed by atoms with Crippen LogP contribution < -0.4 is 14.4 Å². The van der Waals surface area contributed by atoms with Crippen LogP contribution in [0, 0.1) is 0 Å². The van der Waals surface area contributed by atoms with Crippen LogP contribution in [0.2, 0.25) is 0 Å². The fraction of sp³-hybridized carbons (Fsp3) is 0.360. The molecule has 32 heavy (non-hydrogen) atoms. The molecule has 0 atom stereocenters. The van der Waals surface area contributed by atoms with Crippen molar-refractivity contribution in [2.75, 3.05) is 12.0 Å². The average Bonchev–Trinajstić information content (AvgIpc) is 3.42. The summed E-state index contributed by atoms with van der Waals surface area (Å²) < 4.78 is 22.5. The van der Waals surface area contributed by atoms with Crippen LogP contribution in [0.5, 0.6) is 11.5 Å². The Balaban J connectivity index is 1.64. The third-order valence-electron chi connectivity index (χ3n) is 4.89. The van der Waals surface area contributed by atoms with Gasteiger partial charge < -0.3 is 23.5 Å². The molecule has 0 radical (unpaired) electrons. The van der Waals surface area contributed by atoms with Crippen LogP contribution in [0.1, 0.15) is 49.7 Å². The van der Waals surface area contributed by atoms with Crippen LogP contribution in [0.15, 0.2) is 59.5 Å². The molecule has 1 aliphatic carbocycles. The maximum absolute atomic E-state index is 12.4. The number of hydrogen-bond acceptors (Lipinski definition) is 7. The van der Waals surface area contributed by atoms with Gasteiger partial charge in [0.15, 0.2) is 17.9 Å². The monoisotopic (exact) mass is 436 g/mol. The van der Waals surface area contributed by atoms with Gasteiger partial charge in [0.2, 0.25) is 0 Å². The molecule has 0 N–H and O–H groups in total. The highest BCUT2D eigenvalue weighted by Gasteiger charge is 2.26. The Labute approximate surface area is 187 Å². The minimum Gasteiger partial charge on any atom is -0.493 e. The third-order valence-corrected chi connectivity index (χ3v) is 4.89. The predicted molar refractivity (Wildman–Crippen MR) is 121 cm³/mol. The summed E-state index contributed by atoms with van der Waals surface area (Å²) in [7, 11) is 1.64. The first-order valence-corrected chi connectivity index (χ1v) is 10.7. The Hall–Kier alpha value is -3.48. The van der Waals surface area contributed by atoms with E-state index >= 15 is 0 Å². The quantitative estimate of drug-likeness (QED) is 0.431. The number of oxazole rings is 1. The molecule has 0 aliphatic heterocycles. The van der Waals surface area contributed by atoms with Gasteiger partial charge >= 0.3 is 5.97 Å². The lowest BCUT2D eigenvalue weighted by Crippen LogP contribution is -2.24. The van der Waals surface area contributed by atoms with Crippen LogP contribution in [-0.2, 0) is 11.3 Å². The highest BCUT2D eigenvalue weighted by atomic mass is 16.6. The Morgan fingerprint density at radius 3 is 2.41 bits per heavy atom. The van der Waals surface area contributed by atoms with E-state index in [1.54, 1.807) is 25.4 Å². The molecule has 2 aromatic carbocycles. The van der Waals surface area contributed by atoms with Crippen molar-refractivity contribution in [1.82, 2.24) is 4.98 Å². The van der Waals surface area contributed by atoms with Crippen LogP contribution in [0.4, 0.5) is 11.4 Å². The molecule has 0 spiro atoms. The first kappa shape index (κ1) is 21.7. The third kappa shape index (κ3) is 5.41. The maximum Gasteiger partial charge on any atom is 0.338 e. The molecule has 1 aliphatic rings. The van der Waals surface area contributed by atoms with Crippen LogP contribution >= 0.6 is 0 Å². The Bertz CT molecular complexity index is 1050. The molecule has 0 bridgehead atoms. The van der Waals surface area contributed by atoms with E-state index in [4.69, 9.17) is 18.6 Å². The molecule has 1 aromatic heterocycles. The largest absolute Gasteiger partial charge is 0.493 e. The van der Waals surface area contributed by atoms with Gasteiger partial charge in [-0.25, -0.2) is 9.78 Å². The zero-order chi connectivity index (χ0) is 22.7. The fourth-order valence-corrected chi connectivity index (χ4v) is 3.21. The van der Waals surface area contributed by atoms with Crippen LogP contribution in [0.25, 0.3) is 0 Å². The van der Waals surface area contributed by atoms with E-state index in [0.717, 1.165) is 24.2 Å². The number of carbonyl (C=O) groups excluding carboxylic acids is 1. The van der Waals surface area contributed by atoms with Gasteiger partial charge in [0.05, 0.1) is 31.5 Å². The lowest BCUT2D eigenvalue weighted by molar-refractivity contribution is 0.00695. The summed E-state index contributed by atoms with van der Waals surface area (Å²) in [6.07, 6.45) is 5.46. The predicted octanol–water partition coefficient (Wildman–Crippen LogP) is 5.52. The van der Waals surface area contributed by atoms with Gasteiger partial charge in [0, 0.05) is 17.4 Å². The molecule has 1 heterocycles. The van der Waals surface area contributed by atoms with Crippen molar-refractivity contribution in [1.29, 1.82) is 0 Å². The van der Waals surface area contributed by atoms with Crippen LogP contribution in [-0.4, -0.2) is 29.8 Å². The minimum absolute atomic E-state index is 0.245. The van der Waals surface area contributed by atoms with Gasteiger partial charge in [-0.2, -0.15) is 0 Å². The first-order valence-electron chi connectivity index (χ1n) is 10.7. The highest BCUT2D eigenvalue weighted by Crippen LogP contribution is 2.38. The number of carbonyl (C=O) groups is 1. The summed E-state index contributed by atoms with van der Waals surface area (Å²) in [6.45, 7) is 6.01. The number of anilines is 2. The number of esters is 1. The number of nitrogens with zero attached hydrogens (tertiary/aromatic N) is 2. The van der Waals surface area contributed by atoms with Gasteiger partial charge in [-0.1, -0.05) is 0 Å². The van der Waals surface area contributed by atoms with E-state index in [1.165, 1.54) is 6.39 Å². The minimum atomic E-state index is -0.546. The summed E-state index contributed by atoms with van der Waals surface area (Å²) in [5.41, 5.74) is 1.74. The lowest BCUT2D eigenvalue weighted by Gasteiger charge is -2.25. The van der Waals surface area contributed by atoms with E-state index in [0.29, 0.717) is 29.4 Å². The summed E-state index contributed by atoms with van der Waals surface area (Å²) in [6, 6.07) is 13.1. The van der Waals surface area contributed by atoms with Crippen LogP contribution in [0.3, 0.4) is 0 Å². The maximum atomic E-state index is 12.4. The van der Waals surface area contributed by atoms with E-state index in [1.807, 2.05) is 51.1 Å². The Kier molecular flexibility index (Phi) is 6.08. The van der Waals surface area contributed by atoms with Gasteiger partial charge in [0.1, 0.15) is 11.4 Å². The smallest absolute Gasteiger partial charge is 0.338 e. The van der Waals surface area contributed by atoms with E-state index in [2.05, 4.69) is 9.88 Å².